The molecule has 2 aromatic heterocycles. The molecule has 0 bridgehead atoms. The molecular formula is C22H14F2N5O. The summed E-state index contributed by atoms with van der Waals surface area (Å²) in [5.41, 5.74) is 2.24. The molecule has 0 aliphatic carbocycles. The van der Waals surface area contributed by atoms with Gasteiger partial charge in [-0.3, -0.25) is 9.48 Å². The van der Waals surface area contributed by atoms with Crippen LogP contribution in [-0.2, 0) is 7.05 Å². The lowest BCUT2D eigenvalue weighted by Crippen LogP contribution is -2.09. The normalized spacial score (nSPS) is 11.6. The number of nitriles is 1. The molecule has 1 radical (unpaired) electrons. The molecule has 0 amide bonds. The molecule has 0 saturated carbocycles. The van der Waals surface area contributed by atoms with Crippen molar-refractivity contribution in [2.45, 2.75) is 0 Å². The van der Waals surface area contributed by atoms with E-state index in [1.165, 1.54) is 6.08 Å². The smallest absolute Gasteiger partial charge is 0.268 e. The first-order chi connectivity index (χ1) is 14.4. The number of fused-ring (bicyclic) bond motifs is 1. The third-order valence-corrected chi connectivity index (χ3v) is 4.74. The zero-order valence-corrected chi connectivity index (χ0v) is 15.8. The van der Waals surface area contributed by atoms with Crippen molar-refractivity contribution in [2.24, 2.45) is 7.05 Å². The van der Waals surface area contributed by atoms with Crippen molar-refractivity contribution in [1.29, 1.82) is 5.26 Å². The summed E-state index contributed by atoms with van der Waals surface area (Å²) in [6, 6.07) is 10.1. The summed E-state index contributed by atoms with van der Waals surface area (Å²) >= 11 is 0. The third-order valence-electron chi connectivity index (χ3n) is 4.74. The quantitative estimate of drug-likeness (QED) is 0.528. The lowest BCUT2D eigenvalue weighted by atomic mass is 9.99. The fraction of sp³-hybridized carbons (Fsp3) is 0.0455. The molecule has 0 saturated heterocycles. The van der Waals surface area contributed by atoms with Crippen LogP contribution >= 0.6 is 0 Å². The number of nitrogens with zero attached hydrogens (tertiary/aromatic N) is 4. The van der Waals surface area contributed by atoms with Crippen LogP contribution in [0.1, 0.15) is 17.0 Å². The predicted octanol–water partition coefficient (Wildman–Crippen LogP) is 3.85. The minimum atomic E-state index is -0.772. The minimum absolute atomic E-state index is 0.0787. The number of allylic oxidation sites excluding steroid dienone is 1. The molecule has 0 fully saturated rings. The monoisotopic (exact) mass is 402 g/mol. The molecule has 0 aliphatic heterocycles. The van der Waals surface area contributed by atoms with E-state index in [1.54, 1.807) is 36.1 Å². The zero-order valence-electron chi connectivity index (χ0n) is 15.8. The molecule has 2 heterocycles. The molecule has 147 valence electrons. The van der Waals surface area contributed by atoms with Gasteiger partial charge >= 0.3 is 0 Å². The van der Waals surface area contributed by atoms with E-state index in [0.29, 0.717) is 27.7 Å². The molecular weight excluding hydrogens is 388 g/mol. The van der Waals surface area contributed by atoms with Crippen LogP contribution in [0.25, 0.3) is 33.5 Å². The third kappa shape index (κ3) is 3.37. The summed E-state index contributed by atoms with van der Waals surface area (Å²) in [6.07, 6.45) is 3.12. The summed E-state index contributed by atoms with van der Waals surface area (Å²) in [5, 5.41) is 21.1. The van der Waals surface area contributed by atoms with Crippen molar-refractivity contribution in [3.8, 4) is 17.2 Å². The van der Waals surface area contributed by atoms with Crippen molar-refractivity contribution in [2.75, 3.05) is 0 Å². The first-order valence-corrected chi connectivity index (χ1v) is 8.82. The van der Waals surface area contributed by atoms with Crippen molar-refractivity contribution >= 4 is 22.4 Å². The number of nitrogens with one attached hydrogen (secondary N) is 1. The van der Waals surface area contributed by atoms with E-state index in [4.69, 9.17) is 0 Å². The van der Waals surface area contributed by atoms with Crippen LogP contribution in [0.2, 0.25) is 0 Å². The van der Waals surface area contributed by atoms with Gasteiger partial charge < -0.3 is 0 Å². The second-order valence-electron chi connectivity index (χ2n) is 6.65. The molecule has 0 aliphatic rings. The highest BCUT2D eigenvalue weighted by Crippen LogP contribution is 2.30. The Morgan fingerprint density at radius 1 is 1.20 bits per heavy atom. The van der Waals surface area contributed by atoms with Gasteiger partial charge in [0, 0.05) is 24.1 Å². The average Bonchev–Trinajstić information content (AvgIpc) is 3.08. The van der Waals surface area contributed by atoms with Crippen LogP contribution in [0.3, 0.4) is 0 Å². The number of aryl methyl sites for hydroxylation is 1. The number of hydrogen-bond donors (Lipinski definition) is 1. The SMILES string of the molecule is [CH2]c1n[nH]c(=O)c2ccc(-c3cnn(C)c3C=C(C#N)c3cc(F)cc(F)c3)cc12. The summed E-state index contributed by atoms with van der Waals surface area (Å²) in [6.45, 7) is 3.84. The van der Waals surface area contributed by atoms with Crippen molar-refractivity contribution in [1.82, 2.24) is 20.0 Å². The zero-order chi connectivity index (χ0) is 21.4. The Hall–Kier alpha value is -4.12. The molecule has 0 spiro atoms. The lowest BCUT2D eigenvalue weighted by molar-refractivity contribution is 0.582. The Morgan fingerprint density at radius 2 is 1.93 bits per heavy atom. The fourth-order valence-corrected chi connectivity index (χ4v) is 3.25. The van der Waals surface area contributed by atoms with Gasteiger partial charge in [0.1, 0.15) is 11.6 Å². The van der Waals surface area contributed by atoms with E-state index in [2.05, 4.69) is 22.2 Å². The molecule has 0 unspecified atom stereocenters. The first kappa shape index (κ1) is 19.2. The van der Waals surface area contributed by atoms with Crippen LogP contribution in [0.4, 0.5) is 8.78 Å². The standard InChI is InChI=1S/C22H14F2N5O/c1-12-19-7-13(3-4-18(19)22(30)28-27-12)20-11-26-29(2)21(20)8-15(10-25)14-5-16(23)9-17(24)6-14/h3-9,11H,1H2,2H3,(H,28,30). The highest BCUT2D eigenvalue weighted by molar-refractivity contribution is 5.94. The number of aromatic amines is 1. The lowest BCUT2D eigenvalue weighted by Gasteiger charge is -2.07. The summed E-state index contributed by atoms with van der Waals surface area (Å²) in [5.74, 6) is -1.54. The Labute approximate surface area is 169 Å². The van der Waals surface area contributed by atoms with Crippen LogP contribution in [0, 0.1) is 29.9 Å². The van der Waals surface area contributed by atoms with Gasteiger partial charge in [-0.2, -0.15) is 15.5 Å². The van der Waals surface area contributed by atoms with E-state index in [0.717, 1.165) is 23.8 Å². The average molecular weight is 402 g/mol. The van der Waals surface area contributed by atoms with Crippen LogP contribution < -0.4 is 5.56 Å². The Bertz CT molecular complexity index is 1410. The minimum Gasteiger partial charge on any atom is -0.268 e. The highest BCUT2D eigenvalue weighted by atomic mass is 19.1. The Kier molecular flexibility index (Phi) is 4.72. The second-order valence-corrected chi connectivity index (χ2v) is 6.65. The molecule has 4 rings (SSSR count). The van der Waals surface area contributed by atoms with Crippen LogP contribution in [-0.4, -0.2) is 20.0 Å². The van der Waals surface area contributed by atoms with Crippen molar-refractivity contribution in [3.05, 3.63) is 88.5 Å². The van der Waals surface area contributed by atoms with Gasteiger partial charge in [0.05, 0.1) is 34.6 Å². The summed E-state index contributed by atoms with van der Waals surface area (Å²) in [4.78, 5) is 12.0. The maximum atomic E-state index is 13.6. The van der Waals surface area contributed by atoms with Crippen molar-refractivity contribution in [3.63, 3.8) is 0 Å². The van der Waals surface area contributed by atoms with Crippen molar-refractivity contribution < 1.29 is 8.78 Å². The predicted molar refractivity (Wildman–Crippen MR) is 109 cm³/mol. The second kappa shape index (κ2) is 7.37. The van der Waals surface area contributed by atoms with Gasteiger partial charge in [-0.1, -0.05) is 6.07 Å². The van der Waals surface area contributed by atoms with E-state index in [-0.39, 0.29) is 16.7 Å². The van der Waals surface area contributed by atoms with Crippen LogP contribution in [0.5, 0.6) is 0 Å². The molecule has 1 N–H and O–H groups in total. The molecule has 4 aromatic rings. The number of benzene rings is 2. The summed E-state index contributed by atoms with van der Waals surface area (Å²) < 4.78 is 28.8. The van der Waals surface area contributed by atoms with Crippen LogP contribution in [0.15, 0.2) is 47.4 Å². The Morgan fingerprint density at radius 3 is 2.63 bits per heavy atom. The summed E-state index contributed by atoms with van der Waals surface area (Å²) in [7, 11) is 1.69. The number of H-pyrrole nitrogens is 1. The van der Waals surface area contributed by atoms with E-state index in [9.17, 15) is 18.8 Å². The fourth-order valence-electron chi connectivity index (χ4n) is 3.25. The maximum absolute atomic E-state index is 13.6. The Balaban J connectivity index is 1.89. The van der Waals surface area contributed by atoms with E-state index >= 15 is 0 Å². The van der Waals surface area contributed by atoms with E-state index < -0.39 is 11.6 Å². The van der Waals surface area contributed by atoms with Gasteiger partial charge in [0.25, 0.3) is 5.56 Å². The molecule has 2 aromatic carbocycles. The largest absolute Gasteiger partial charge is 0.272 e. The molecule has 6 nitrogen and oxygen atoms in total. The molecule has 30 heavy (non-hydrogen) atoms. The van der Waals surface area contributed by atoms with Gasteiger partial charge in [-0.05, 0) is 48.4 Å². The topological polar surface area (TPSA) is 87.4 Å². The molecule has 0 atom stereocenters. The molecule has 8 heteroatoms. The highest BCUT2D eigenvalue weighted by Gasteiger charge is 2.14. The number of aromatic nitrogens is 4. The van der Waals surface area contributed by atoms with Gasteiger partial charge in [0.15, 0.2) is 0 Å². The number of rotatable bonds is 3. The number of hydrogen-bond acceptors (Lipinski definition) is 4. The van der Waals surface area contributed by atoms with Gasteiger partial charge in [-0.15, -0.1) is 0 Å². The first-order valence-electron chi connectivity index (χ1n) is 8.82. The number of halogens is 2. The maximum Gasteiger partial charge on any atom is 0.272 e. The van der Waals surface area contributed by atoms with Gasteiger partial charge in [0.2, 0.25) is 0 Å². The van der Waals surface area contributed by atoms with Gasteiger partial charge in [-0.25, -0.2) is 13.9 Å². The van der Waals surface area contributed by atoms with E-state index in [1.807, 2.05) is 6.07 Å².